The highest BCUT2D eigenvalue weighted by Crippen LogP contribution is 2.38. The average molecular weight is 347 g/mol. The van der Waals surface area contributed by atoms with Crippen LogP contribution in [-0.4, -0.2) is 20.4 Å². The lowest BCUT2D eigenvalue weighted by Crippen LogP contribution is -2.33. The quantitative estimate of drug-likeness (QED) is 0.830. The summed E-state index contributed by atoms with van der Waals surface area (Å²) in [5, 5.41) is -0.420. The number of benzene rings is 1. The van der Waals surface area contributed by atoms with E-state index in [-0.39, 0.29) is 20.7 Å². The topological polar surface area (TPSA) is 86.5 Å². The van der Waals surface area contributed by atoms with Crippen LogP contribution in [0, 0.1) is 0 Å². The highest BCUT2D eigenvalue weighted by atomic mass is 35.7. The first kappa shape index (κ1) is 16.4. The summed E-state index contributed by atoms with van der Waals surface area (Å²) < 4.78 is 27.7. The van der Waals surface area contributed by atoms with Gasteiger partial charge in [-0.15, -0.1) is 0 Å². The Hall–Kier alpha value is -0.690. The molecule has 2 N–H and O–H groups in total. The van der Waals surface area contributed by atoms with Crippen LogP contribution < -0.4 is 10.5 Å². The van der Waals surface area contributed by atoms with Gasteiger partial charge in [0.2, 0.25) is 0 Å². The fourth-order valence-corrected chi connectivity index (χ4v) is 3.07. The predicted octanol–water partition coefficient (Wildman–Crippen LogP) is 2.56. The van der Waals surface area contributed by atoms with E-state index >= 15 is 0 Å². The second kappa shape index (κ2) is 6.17. The second-order valence-corrected chi connectivity index (χ2v) is 6.84. The molecule has 1 amide bonds. The SMILES string of the molecule is CCC(Oc1ccc(S(=O)(=O)Cl)c(Cl)c1Cl)C(N)=O. The number of hydrogen-bond acceptors (Lipinski definition) is 4. The Kier molecular flexibility index (Phi) is 5.32. The lowest BCUT2D eigenvalue weighted by Gasteiger charge is -2.16. The molecule has 0 saturated carbocycles. The van der Waals surface area contributed by atoms with E-state index in [1.54, 1.807) is 6.92 Å². The third-order valence-corrected chi connectivity index (χ3v) is 4.57. The molecule has 19 heavy (non-hydrogen) atoms. The van der Waals surface area contributed by atoms with Gasteiger partial charge < -0.3 is 10.5 Å². The molecule has 1 unspecified atom stereocenters. The van der Waals surface area contributed by atoms with Gasteiger partial charge in [0.1, 0.15) is 15.7 Å². The maximum absolute atomic E-state index is 11.2. The van der Waals surface area contributed by atoms with Crippen molar-refractivity contribution >= 4 is 48.8 Å². The Labute approximate surface area is 125 Å². The van der Waals surface area contributed by atoms with E-state index in [2.05, 4.69) is 0 Å². The minimum absolute atomic E-state index is 0.0568. The largest absolute Gasteiger partial charge is 0.479 e. The van der Waals surface area contributed by atoms with Crippen LogP contribution in [0.1, 0.15) is 13.3 Å². The number of ether oxygens (including phenoxy) is 1. The summed E-state index contributed by atoms with van der Waals surface area (Å²) in [6.07, 6.45) is -0.550. The smallest absolute Gasteiger partial charge is 0.262 e. The Balaban J connectivity index is 3.21. The average Bonchev–Trinajstić information content (AvgIpc) is 2.28. The Morgan fingerprint density at radius 1 is 1.37 bits per heavy atom. The lowest BCUT2D eigenvalue weighted by atomic mass is 10.2. The van der Waals surface area contributed by atoms with Crippen LogP contribution in [0.3, 0.4) is 0 Å². The van der Waals surface area contributed by atoms with Crippen LogP contribution in [-0.2, 0) is 13.8 Å². The maximum atomic E-state index is 11.2. The zero-order chi connectivity index (χ0) is 14.8. The molecular formula is C10H10Cl3NO4S. The zero-order valence-corrected chi connectivity index (χ0v) is 12.8. The zero-order valence-electron chi connectivity index (χ0n) is 9.69. The van der Waals surface area contributed by atoms with Crippen molar-refractivity contribution in [2.24, 2.45) is 5.73 Å². The fourth-order valence-electron chi connectivity index (χ4n) is 1.29. The van der Waals surface area contributed by atoms with Gasteiger partial charge in [0, 0.05) is 10.7 Å². The molecule has 9 heteroatoms. The van der Waals surface area contributed by atoms with Crippen molar-refractivity contribution in [3.8, 4) is 5.75 Å². The first-order chi connectivity index (χ1) is 8.68. The summed E-state index contributed by atoms with van der Waals surface area (Å²) in [5.41, 5.74) is 5.13. The maximum Gasteiger partial charge on any atom is 0.262 e. The molecule has 1 aromatic carbocycles. The minimum Gasteiger partial charge on any atom is -0.479 e. The molecule has 0 aromatic heterocycles. The number of carbonyl (C=O) groups excluding carboxylic acids is 1. The Morgan fingerprint density at radius 3 is 2.37 bits per heavy atom. The molecule has 1 aromatic rings. The van der Waals surface area contributed by atoms with Gasteiger partial charge in [-0.05, 0) is 18.6 Å². The van der Waals surface area contributed by atoms with Crippen molar-refractivity contribution < 1.29 is 17.9 Å². The molecule has 0 spiro atoms. The predicted molar refractivity (Wildman–Crippen MR) is 73.4 cm³/mol. The van der Waals surface area contributed by atoms with Crippen molar-refractivity contribution in [2.75, 3.05) is 0 Å². The van der Waals surface area contributed by atoms with E-state index in [4.69, 9.17) is 44.4 Å². The minimum atomic E-state index is -4.01. The van der Waals surface area contributed by atoms with Crippen molar-refractivity contribution in [3.63, 3.8) is 0 Å². The summed E-state index contributed by atoms with van der Waals surface area (Å²) in [6, 6.07) is 2.40. The van der Waals surface area contributed by atoms with Crippen LogP contribution in [0.5, 0.6) is 5.75 Å². The second-order valence-electron chi connectivity index (χ2n) is 3.54. The summed E-state index contributed by atoms with van der Waals surface area (Å²) in [5.74, 6) is -0.606. The number of carbonyl (C=O) groups is 1. The summed E-state index contributed by atoms with van der Waals surface area (Å²) in [6.45, 7) is 1.70. The molecule has 106 valence electrons. The van der Waals surface area contributed by atoms with E-state index in [0.717, 1.165) is 6.07 Å². The number of hydrogen-bond donors (Lipinski definition) is 1. The van der Waals surface area contributed by atoms with Gasteiger partial charge in [-0.2, -0.15) is 0 Å². The summed E-state index contributed by atoms with van der Waals surface area (Å²) >= 11 is 11.7. The molecular weight excluding hydrogens is 337 g/mol. The van der Waals surface area contributed by atoms with Gasteiger partial charge in [-0.25, -0.2) is 8.42 Å². The number of rotatable bonds is 5. The number of nitrogens with two attached hydrogens (primary N) is 1. The van der Waals surface area contributed by atoms with E-state index in [1.165, 1.54) is 6.07 Å². The van der Waals surface area contributed by atoms with Crippen molar-refractivity contribution in [2.45, 2.75) is 24.3 Å². The first-order valence-corrected chi connectivity index (χ1v) is 8.13. The van der Waals surface area contributed by atoms with Gasteiger partial charge >= 0.3 is 0 Å². The highest BCUT2D eigenvalue weighted by Gasteiger charge is 2.22. The summed E-state index contributed by atoms with van der Waals surface area (Å²) in [4.78, 5) is 10.7. The van der Waals surface area contributed by atoms with Crippen molar-refractivity contribution in [1.82, 2.24) is 0 Å². The number of halogens is 3. The van der Waals surface area contributed by atoms with Crippen LogP contribution in [0.25, 0.3) is 0 Å². The van der Waals surface area contributed by atoms with Crippen LogP contribution in [0.15, 0.2) is 17.0 Å². The molecule has 0 saturated heterocycles. The van der Waals surface area contributed by atoms with Gasteiger partial charge in [-0.3, -0.25) is 4.79 Å². The van der Waals surface area contributed by atoms with Crippen molar-refractivity contribution in [3.05, 3.63) is 22.2 Å². The van der Waals surface area contributed by atoms with E-state index in [0.29, 0.717) is 6.42 Å². The lowest BCUT2D eigenvalue weighted by molar-refractivity contribution is -0.124. The van der Waals surface area contributed by atoms with Gasteiger partial charge in [0.05, 0.1) is 5.02 Å². The summed E-state index contributed by atoms with van der Waals surface area (Å²) in [7, 11) is 1.17. The molecule has 0 bridgehead atoms. The molecule has 1 rings (SSSR count). The molecule has 0 heterocycles. The molecule has 0 aliphatic carbocycles. The standard InChI is InChI=1S/C10H10Cl3NO4S/c1-2-5(10(14)15)18-6-3-4-7(19(13,16)17)9(12)8(6)11/h3-5H,2H2,1H3,(H2,14,15). The molecule has 0 radical (unpaired) electrons. The highest BCUT2D eigenvalue weighted by molar-refractivity contribution is 8.13. The van der Waals surface area contributed by atoms with Crippen LogP contribution in [0.2, 0.25) is 10.0 Å². The van der Waals surface area contributed by atoms with Crippen LogP contribution >= 0.6 is 33.9 Å². The third-order valence-electron chi connectivity index (χ3n) is 2.23. The van der Waals surface area contributed by atoms with Crippen LogP contribution in [0.4, 0.5) is 0 Å². The third kappa shape index (κ3) is 3.89. The Morgan fingerprint density at radius 2 is 1.95 bits per heavy atom. The molecule has 0 aliphatic rings. The number of amides is 1. The first-order valence-electron chi connectivity index (χ1n) is 5.07. The molecule has 0 aliphatic heterocycles. The van der Waals surface area contributed by atoms with E-state index in [9.17, 15) is 13.2 Å². The van der Waals surface area contributed by atoms with Gasteiger partial charge in [-0.1, -0.05) is 30.1 Å². The fraction of sp³-hybridized carbons (Fsp3) is 0.300. The number of primary amides is 1. The molecule has 5 nitrogen and oxygen atoms in total. The monoisotopic (exact) mass is 345 g/mol. The van der Waals surface area contributed by atoms with Crippen molar-refractivity contribution in [1.29, 1.82) is 0 Å². The molecule has 0 fully saturated rings. The van der Waals surface area contributed by atoms with Gasteiger partial charge in [0.25, 0.3) is 15.0 Å². The van der Waals surface area contributed by atoms with Gasteiger partial charge in [0.15, 0.2) is 6.10 Å². The Bertz CT molecular complexity index is 603. The van der Waals surface area contributed by atoms with E-state index in [1.807, 2.05) is 0 Å². The normalized spacial score (nSPS) is 13.1. The van der Waals surface area contributed by atoms with E-state index < -0.39 is 21.1 Å². The molecule has 1 atom stereocenters.